The molecule has 28 heavy (non-hydrogen) atoms. The van der Waals surface area contributed by atoms with Gasteiger partial charge in [-0.1, -0.05) is 0 Å². The van der Waals surface area contributed by atoms with Gasteiger partial charge in [0.15, 0.2) is 5.65 Å². The van der Waals surface area contributed by atoms with Gasteiger partial charge in [0.1, 0.15) is 0 Å². The van der Waals surface area contributed by atoms with Crippen LogP contribution in [0.2, 0.25) is 0 Å². The van der Waals surface area contributed by atoms with Crippen molar-refractivity contribution in [1.29, 1.82) is 5.26 Å². The Morgan fingerprint density at radius 1 is 1.32 bits per heavy atom. The van der Waals surface area contributed by atoms with E-state index in [0.717, 1.165) is 15.4 Å². The number of likely N-dealkylation sites (N-methyl/N-ethyl adjacent to an activating group) is 1. The minimum absolute atomic E-state index is 0.0101. The molecule has 1 aromatic carbocycles. The van der Waals surface area contributed by atoms with Crippen molar-refractivity contribution in [2.24, 2.45) is 7.05 Å². The lowest BCUT2D eigenvalue weighted by Gasteiger charge is -2.17. The monoisotopic (exact) mass is 398 g/mol. The summed E-state index contributed by atoms with van der Waals surface area (Å²) in [5.41, 5.74) is 2.28. The van der Waals surface area contributed by atoms with Gasteiger partial charge in [0.05, 0.1) is 40.7 Å². The fraction of sp³-hybridized carbons (Fsp3) is 0.222. The molecule has 10 heteroatoms. The molecule has 3 rings (SSSR count). The van der Waals surface area contributed by atoms with Crippen LogP contribution < -0.4 is 5.32 Å². The summed E-state index contributed by atoms with van der Waals surface area (Å²) in [6.07, 6.45) is 1.50. The van der Waals surface area contributed by atoms with E-state index in [-0.39, 0.29) is 11.4 Å². The van der Waals surface area contributed by atoms with Gasteiger partial charge in [-0.2, -0.15) is 14.7 Å². The number of anilines is 1. The van der Waals surface area contributed by atoms with Crippen LogP contribution in [0.4, 0.5) is 5.69 Å². The van der Waals surface area contributed by atoms with Gasteiger partial charge in [0.25, 0.3) is 0 Å². The first-order chi connectivity index (χ1) is 13.2. The summed E-state index contributed by atoms with van der Waals surface area (Å²) >= 11 is 0. The molecule has 1 N–H and O–H groups in total. The van der Waals surface area contributed by atoms with E-state index in [1.807, 2.05) is 13.0 Å². The molecule has 0 aliphatic rings. The van der Waals surface area contributed by atoms with Gasteiger partial charge < -0.3 is 5.32 Å². The van der Waals surface area contributed by atoms with E-state index in [4.69, 9.17) is 5.26 Å². The normalized spacial score (nSPS) is 11.5. The van der Waals surface area contributed by atoms with Gasteiger partial charge in [0.2, 0.25) is 15.9 Å². The molecule has 0 fully saturated rings. The standard InChI is InChI=1S/C18H18N6O3S/c1-12-16-8-14(10-20-18(16)24(3)22-12)21-17(25)11-23(2)28(26,27)15-6-4-13(9-19)5-7-15/h4-8,10H,11H2,1-3H3,(H,21,25). The molecule has 144 valence electrons. The van der Waals surface area contributed by atoms with Crippen LogP contribution in [0.1, 0.15) is 11.3 Å². The Morgan fingerprint density at radius 2 is 2.00 bits per heavy atom. The molecule has 0 saturated heterocycles. The first-order valence-electron chi connectivity index (χ1n) is 8.28. The number of aryl methyl sites for hydroxylation is 2. The second kappa shape index (κ2) is 7.38. The number of carbonyl (C=O) groups excluding carboxylic acids is 1. The molecule has 0 radical (unpaired) electrons. The van der Waals surface area contributed by atoms with Gasteiger partial charge in [-0.3, -0.25) is 9.48 Å². The Balaban J connectivity index is 1.73. The minimum Gasteiger partial charge on any atom is -0.324 e. The third-order valence-electron chi connectivity index (χ3n) is 4.20. The molecule has 1 amide bonds. The number of benzene rings is 1. The molecule has 2 heterocycles. The average Bonchev–Trinajstić information content (AvgIpc) is 2.95. The van der Waals surface area contributed by atoms with Gasteiger partial charge in [0, 0.05) is 19.5 Å². The molecule has 0 aliphatic carbocycles. The van der Waals surface area contributed by atoms with Crippen molar-refractivity contribution in [3.8, 4) is 6.07 Å². The summed E-state index contributed by atoms with van der Waals surface area (Å²) in [5, 5.41) is 16.5. The molecule has 0 bridgehead atoms. The Labute approximate surface area is 162 Å². The van der Waals surface area contributed by atoms with Crippen molar-refractivity contribution >= 4 is 32.7 Å². The largest absolute Gasteiger partial charge is 0.324 e. The smallest absolute Gasteiger partial charge is 0.243 e. The summed E-state index contributed by atoms with van der Waals surface area (Å²) in [6.45, 7) is 1.47. The highest BCUT2D eigenvalue weighted by Gasteiger charge is 2.23. The van der Waals surface area contributed by atoms with Crippen LogP contribution in [-0.2, 0) is 21.9 Å². The van der Waals surface area contributed by atoms with E-state index < -0.39 is 15.9 Å². The van der Waals surface area contributed by atoms with Crippen LogP contribution >= 0.6 is 0 Å². The van der Waals surface area contributed by atoms with Crippen LogP contribution in [0.5, 0.6) is 0 Å². The van der Waals surface area contributed by atoms with Gasteiger partial charge in [-0.15, -0.1) is 0 Å². The first kappa shape index (κ1) is 19.5. The van der Waals surface area contributed by atoms with Gasteiger partial charge in [-0.05, 0) is 37.3 Å². The number of fused-ring (bicyclic) bond motifs is 1. The molecule has 9 nitrogen and oxygen atoms in total. The van der Waals surface area contributed by atoms with Crippen molar-refractivity contribution < 1.29 is 13.2 Å². The van der Waals surface area contributed by atoms with Crippen LogP contribution in [-0.4, -0.2) is 47.0 Å². The highest BCUT2D eigenvalue weighted by Crippen LogP contribution is 2.19. The Hall–Kier alpha value is -3.29. The molecular weight excluding hydrogens is 380 g/mol. The fourth-order valence-corrected chi connectivity index (χ4v) is 3.87. The molecule has 0 atom stereocenters. The molecule has 0 aliphatic heterocycles. The maximum absolute atomic E-state index is 12.6. The molecular formula is C18H18N6O3S. The third kappa shape index (κ3) is 3.71. The summed E-state index contributed by atoms with van der Waals surface area (Å²) in [7, 11) is -0.755. The number of nitriles is 1. The lowest BCUT2D eigenvalue weighted by Crippen LogP contribution is -2.35. The number of amides is 1. The van der Waals surface area contributed by atoms with E-state index in [1.54, 1.807) is 17.8 Å². The number of aromatic nitrogens is 3. The van der Waals surface area contributed by atoms with E-state index in [1.165, 1.54) is 37.5 Å². The number of pyridine rings is 1. The highest BCUT2D eigenvalue weighted by atomic mass is 32.2. The van der Waals surface area contributed by atoms with Crippen LogP contribution in [0.25, 0.3) is 11.0 Å². The Morgan fingerprint density at radius 3 is 2.64 bits per heavy atom. The van der Waals surface area contributed by atoms with E-state index in [2.05, 4.69) is 15.4 Å². The maximum atomic E-state index is 12.6. The number of hydrogen-bond acceptors (Lipinski definition) is 6. The second-order valence-electron chi connectivity index (χ2n) is 6.25. The molecule has 0 unspecified atom stereocenters. The average molecular weight is 398 g/mol. The minimum atomic E-state index is -3.86. The number of sulfonamides is 1. The lowest BCUT2D eigenvalue weighted by atomic mass is 10.2. The van der Waals surface area contributed by atoms with Crippen LogP contribution in [0.3, 0.4) is 0 Å². The summed E-state index contributed by atoms with van der Waals surface area (Å²) in [4.78, 5) is 16.6. The molecule has 0 saturated carbocycles. The van der Waals surface area contributed by atoms with Crippen molar-refractivity contribution in [3.63, 3.8) is 0 Å². The third-order valence-corrected chi connectivity index (χ3v) is 6.02. The number of hydrogen-bond donors (Lipinski definition) is 1. The topological polar surface area (TPSA) is 121 Å². The first-order valence-corrected chi connectivity index (χ1v) is 9.72. The van der Waals surface area contributed by atoms with E-state index >= 15 is 0 Å². The fourth-order valence-electron chi connectivity index (χ4n) is 2.75. The lowest BCUT2D eigenvalue weighted by molar-refractivity contribution is -0.116. The zero-order valence-electron chi connectivity index (χ0n) is 15.5. The predicted molar refractivity (Wildman–Crippen MR) is 103 cm³/mol. The highest BCUT2D eigenvalue weighted by molar-refractivity contribution is 7.89. The zero-order chi connectivity index (χ0) is 20.5. The summed E-state index contributed by atoms with van der Waals surface area (Å²) < 4.78 is 27.8. The van der Waals surface area contributed by atoms with Crippen molar-refractivity contribution in [2.75, 3.05) is 18.9 Å². The Kier molecular flexibility index (Phi) is 5.13. The van der Waals surface area contributed by atoms with Crippen molar-refractivity contribution in [2.45, 2.75) is 11.8 Å². The number of nitrogens with zero attached hydrogens (tertiary/aromatic N) is 5. The summed E-state index contributed by atoms with van der Waals surface area (Å²) in [5.74, 6) is -0.498. The number of nitrogens with one attached hydrogen (secondary N) is 1. The number of rotatable bonds is 5. The SMILES string of the molecule is Cc1nn(C)c2ncc(NC(=O)CN(C)S(=O)(=O)c3ccc(C#N)cc3)cc12. The number of carbonyl (C=O) groups is 1. The van der Waals surface area contributed by atoms with Gasteiger partial charge in [-0.25, -0.2) is 13.4 Å². The van der Waals surface area contributed by atoms with Crippen LogP contribution in [0, 0.1) is 18.3 Å². The van der Waals surface area contributed by atoms with Crippen molar-refractivity contribution in [3.05, 3.63) is 47.8 Å². The zero-order valence-corrected chi connectivity index (χ0v) is 16.4. The predicted octanol–water partition coefficient (Wildman–Crippen LogP) is 1.41. The second-order valence-corrected chi connectivity index (χ2v) is 8.29. The quantitative estimate of drug-likeness (QED) is 0.694. The maximum Gasteiger partial charge on any atom is 0.243 e. The van der Waals surface area contributed by atoms with E-state index in [9.17, 15) is 13.2 Å². The van der Waals surface area contributed by atoms with E-state index in [0.29, 0.717) is 16.9 Å². The summed E-state index contributed by atoms with van der Waals surface area (Å²) in [6, 6.07) is 9.18. The molecule has 3 aromatic rings. The Bertz CT molecular complexity index is 1190. The van der Waals surface area contributed by atoms with Gasteiger partial charge >= 0.3 is 0 Å². The van der Waals surface area contributed by atoms with Crippen LogP contribution in [0.15, 0.2) is 41.4 Å². The molecule has 2 aromatic heterocycles. The van der Waals surface area contributed by atoms with Crippen molar-refractivity contribution in [1.82, 2.24) is 19.1 Å². The molecule has 0 spiro atoms.